The van der Waals surface area contributed by atoms with Gasteiger partial charge in [-0.25, -0.2) is 4.98 Å². The van der Waals surface area contributed by atoms with E-state index in [4.69, 9.17) is 5.73 Å². The Balaban J connectivity index is 2.89. The molecule has 5 nitrogen and oxygen atoms in total. The molecule has 0 aromatic carbocycles. The molecular formula is C13H25N5. The van der Waals surface area contributed by atoms with Crippen molar-refractivity contribution < 1.29 is 0 Å². The molecule has 0 aliphatic heterocycles. The molecule has 1 aromatic heterocycles. The first kappa shape index (κ1) is 14.8. The number of nitrogens with zero attached hydrogens (tertiary/aromatic N) is 4. The van der Waals surface area contributed by atoms with Crippen LogP contribution >= 0.6 is 0 Å². The quantitative estimate of drug-likeness (QED) is 0.759. The maximum atomic E-state index is 5.65. The van der Waals surface area contributed by atoms with Crippen molar-refractivity contribution in [3.8, 4) is 0 Å². The van der Waals surface area contributed by atoms with Gasteiger partial charge in [-0.05, 0) is 19.3 Å². The minimum atomic E-state index is 0.615. The highest BCUT2D eigenvalue weighted by Gasteiger charge is 2.12. The lowest BCUT2D eigenvalue weighted by Gasteiger charge is -2.21. The minimum absolute atomic E-state index is 0.615. The fourth-order valence-electron chi connectivity index (χ4n) is 1.88. The summed E-state index contributed by atoms with van der Waals surface area (Å²) in [4.78, 5) is 6.76. The Morgan fingerprint density at radius 2 is 1.72 bits per heavy atom. The first-order valence-electron chi connectivity index (χ1n) is 6.94. The van der Waals surface area contributed by atoms with E-state index in [2.05, 4.69) is 40.9 Å². The molecule has 0 saturated carbocycles. The number of aromatic nitrogens is 3. The molecule has 0 saturated heterocycles. The zero-order valence-electron chi connectivity index (χ0n) is 11.8. The van der Waals surface area contributed by atoms with Crippen LogP contribution in [0.5, 0.6) is 0 Å². The molecule has 0 aliphatic carbocycles. The Morgan fingerprint density at radius 1 is 1.00 bits per heavy atom. The molecule has 0 unspecified atom stereocenters. The summed E-state index contributed by atoms with van der Waals surface area (Å²) in [5, 5.41) is 8.52. The van der Waals surface area contributed by atoms with Crippen LogP contribution in [0.15, 0.2) is 0 Å². The van der Waals surface area contributed by atoms with Crippen LogP contribution in [0.4, 0.5) is 5.95 Å². The third-order valence-corrected chi connectivity index (χ3v) is 2.96. The molecule has 102 valence electrons. The first-order valence-corrected chi connectivity index (χ1v) is 6.94. The van der Waals surface area contributed by atoms with E-state index >= 15 is 0 Å². The van der Waals surface area contributed by atoms with Gasteiger partial charge in [-0.1, -0.05) is 27.2 Å². The molecule has 2 N–H and O–H groups in total. The molecule has 1 rings (SSSR count). The highest BCUT2D eigenvalue weighted by molar-refractivity contribution is 5.30. The van der Waals surface area contributed by atoms with Crippen LogP contribution in [-0.4, -0.2) is 34.8 Å². The van der Waals surface area contributed by atoms with Gasteiger partial charge in [-0.2, -0.15) is 5.10 Å². The normalized spacial score (nSPS) is 10.7. The molecule has 0 amide bonds. The van der Waals surface area contributed by atoms with Crippen molar-refractivity contribution in [1.29, 1.82) is 0 Å². The standard InChI is InChI=1S/C13H25N5/c1-4-7-9-18(10-8-14)13-15-11(5-2)12(6-3)16-17-13/h4-10,14H2,1-3H3. The summed E-state index contributed by atoms with van der Waals surface area (Å²) in [7, 11) is 0. The molecule has 0 fully saturated rings. The van der Waals surface area contributed by atoms with Crippen LogP contribution < -0.4 is 10.6 Å². The second-order valence-corrected chi connectivity index (χ2v) is 4.34. The van der Waals surface area contributed by atoms with Crippen LogP contribution in [0.1, 0.15) is 45.0 Å². The number of unbranched alkanes of at least 4 members (excludes halogenated alkanes) is 1. The van der Waals surface area contributed by atoms with Gasteiger partial charge < -0.3 is 10.6 Å². The monoisotopic (exact) mass is 251 g/mol. The van der Waals surface area contributed by atoms with Gasteiger partial charge >= 0.3 is 0 Å². The van der Waals surface area contributed by atoms with E-state index < -0.39 is 0 Å². The predicted molar refractivity (Wildman–Crippen MR) is 74.8 cm³/mol. The van der Waals surface area contributed by atoms with Crippen molar-refractivity contribution in [3.05, 3.63) is 11.4 Å². The third-order valence-electron chi connectivity index (χ3n) is 2.96. The fourth-order valence-corrected chi connectivity index (χ4v) is 1.88. The van der Waals surface area contributed by atoms with E-state index in [1.807, 2.05) is 0 Å². The molecule has 0 radical (unpaired) electrons. The molecule has 1 heterocycles. The summed E-state index contributed by atoms with van der Waals surface area (Å²) in [5.41, 5.74) is 7.71. The number of hydrogen-bond acceptors (Lipinski definition) is 5. The van der Waals surface area contributed by atoms with E-state index in [9.17, 15) is 0 Å². The maximum Gasteiger partial charge on any atom is 0.245 e. The van der Waals surface area contributed by atoms with Crippen LogP contribution in [-0.2, 0) is 12.8 Å². The van der Waals surface area contributed by atoms with Crippen LogP contribution in [0.25, 0.3) is 0 Å². The zero-order valence-corrected chi connectivity index (χ0v) is 11.8. The maximum absolute atomic E-state index is 5.65. The summed E-state index contributed by atoms with van der Waals surface area (Å²) in [6.45, 7) is 8.72. The van der Waals surface area contributed by atoms with Crippen LogP contribution in [0, 0.1) is 0 Å². The summed E-state index contributed by atoms with van der Waals surface area (Å²) in [6.07, 6.45) is 4.06. The average Bonchev–Trinajstić information content (AvgIpc) is 2.42. The van der Waals surface area contributed by atoms with Crippen molar-refractivity contribution in [2.75, 3.05) is 24.5 Å². The van der Waals surface area contributed by atoms with E-state index in [1.165, 1.54) is 0 Å². The summed E-state index contributed by atoms with van der Waals surface area (Å²) in [5.74, 6) is 0.725. The van der Waals surface area contributed by atoms with E-state index in [1.54, 1.807) is 0 Å². The average molecular weight is 251 g/mol. The van der Waals surface area contributed by atoms with Gasteiger partial charge in [-0.15, -0.1) is 5.10 Å². The highest BCUT2D eigenvalue weighted by Crippen LogP contribution is 2.11. The zero-order chi connectivity index (χ0) is 13.4. The summed E-state index contributed by atoms with van der Waals surface area (Å²) < 4.78 is 0. The van der Waals surface area contributed by atoms with Crippen LogP contribution in [0.2, 0.25) is 0 Å². The molecule has 18 heavy (non-hydrogen) atoms. The van der Waals surface area contributed by atoms with Gasteiger partial charge in [0.2, 0.25) is 5.95 Å². The van der Waals surface area contributed by atoms with Crippen LogP contribution in [0.3, 0.4) is 0 Å². The lowest BCUT2D eigenvalue weighted by molar-refractivity contribution is 0.679. The summed E-state index contributed by atoms with van der Waals surface area (Å²) in [6, 6.07) is 0. The second kappa shape index (κ2) is 7.97. The molecule has 0 bridgehead atoms. The van der Waals surface area contributed by atoms with E-state index in [0.29, 0.717) is 6.54 Å². The van der Waals surface area contributed by atoms with Crippen molar-refractivity contribution in [2.24, 2.45) is 5.73 Å². The lowest BCUT2D eigenvalue weighted by atomic mass is 10.2. The molecule has 0 spiro atoms. The molecular weight excluding hydrogens is 226 g/mol. The molecule has 0 atom stereocenters. The Bertz CT molecular complexity index is 353. The molecule has 5 heteroatoms. The van der Waals surface area contributed by atoms with E-state index in [-0.39, 0.29) is 0 Å². The number of nitrogens with two attached hydrogens (primary N) is 1. The van der Waals surface area contributed by atoms with Gasteiger partial charge in [0.25, 0.3) is 0 Å². The van der Waals surface area contributed by atoms with Crippen molar-refractivity contribution in [2.45, 2.75) is 46.5 Å². The SMILES string of the molecule is CCCCN(CCN)c1nnc(CC)c(CC)n1. The fraction of sp³-hybridized carbons (Fsp3) is 0.769. The predicted octanol–water partition coefficient (Wildman–Crippen LogP) is 1.56. The number of hydrogen-bond donors (Lipinski definition) is 1. The Kier molecular flexibility index (Phi) is 6.57. The smallest absolute Gasteiger partial charge is 0.245 e. The third kappa shape index (κ3) is 3.91. The Labute approximate surface area is 110 Å². The lowest BCUT2D eigenvalue weighted by Crippen LogP contribution is -2.32. The Morgan fingerprint density at radius 3 is 2.28 bits per heavy atom. The first-order chi connectivity index (χ1) is 8.76. The summed E-state index contributed by atoms with van der Waals surface area (Å²) >= 11 is 0. The number of anilines is 1. The van der Waals surface area contributed by atoms with E-state index in [0.717, 1.165) is 56.1 Å². The van der Waals surface area contributed by atoms with Gasteiger partial charge in [0.1, 0.15) is 0 Å². The minimum Gasteiger partial charge on any atom is -0.338 e. The van der Waals surface area contributed by atoms with Crippen molar-refractivity contribution >= 4 is 5.95 Å². The molecule has 0 aliphatic rings. The van der Waals surface area contributed by atoms with Crippen molar-refractivity contribution in [3.63, 3.8) is 0 Å². The van der Waals surface area contributed by atoms with Gasteiger partial charge in [0.05, 0.1) is 11.4 Å². The topological polar surface area (TPSA) is 67.9 Å². The number of aryl methyl sites for hydroxylation is 2. The molecule has 1 aromatic rings. The largest absolute Gasteiger partial charge is 0.338 e. The number of rotatable bonds is 8. The second-order valence-electron chi connectivity index (χ2n) is 4.34. The van der Waals surface area contributed by atoms with Crippen molar-refractivity contribution in [1.82, 2.24) is 15.2 Å². The van der Waals surface area contributed by atoms with Gasteiger partial charge in [-0.3, -0.25) is 0 Å². The van der Waals surface area contributed by atoms with Gasteiger partial charge in [0, 0.05) is 19.6 Å². The van der Waals surface area contributed by atoms with Gasteiger partial charge in [0.15, 0.2) is 0 Å². The highest BCUT2D eigenvalue weighted by atomic mass is 15.3. The Hall–Kier alpha value is -1.23.